The Labute approximate surface area is 120 Å². The third kappa shape index (κ3) is 5.01. The smallest absolute Gasteiger partial charge is 0.308 e. The van der Waals surface area contributed by atoms with E-state index in [1.165, 1.54) is 11.4 Å². The summed E-state index contributed by atoms with van der Waals surface area (Å²) in [5, 5.41) is 9.39. The van der Waals surface area contributed by atoms with Gasteiger partial charge >= 0.3 is 5.97 Å². The molecule has 1 saturated heterocycles. The van der Waals surface area contributed by atoms with Crippen LogP contribution in [0, 0.1) is 5.92 Å². The Bertz CT molecular complexity index is 404. The number of ether oxygens (including phenoxy) is 1. The van der Waals surface area contributed by atoms with Crippen molar-refractivity contribution in [2.45, 2.75) is 38.7 Å². The molecule has 118 valence electrons. The molecule has 0 aromatic heterocycles. The molecule has 0 saturated carbocycles. The van der Waals surface area contributed by atoms with Crippen LogP contribution in [0.2, 0.25) is 0 Å². The number of methoxy groups -OCH3 is 1. The second-order valence-corrected chi connectivity index (χ2v) is 6.70. The molecule has 1 atom stereocenters. The van der Waals surface area contributed by atoms with Gasteiger partial charge in [0.2, 0.25) is 0 Å². The van der Waals surface area contributed by atoms with Crippen molar-refractivity contribution in [1.82, 2.24) is 9.03 Å². The molecule has 0 aliphatic carbocycles. The molecule has 0 aromatic rings. The highest BCUT2D eigenvalue weighted by Gasteiger charge is 2.31. The summed E-state index contributed by atoms with van der Waals surface area (Å²) in [5.74, 6) is -0.491. The van der Waals surface area contributed by atoms with Crippen molar-refractivity contribution in [3.05, 3.63) is 0 Å². The molecule has 1 heterocycles. The van der Waals surface area contributed by atoms with E-state index in [9.17, 15) is 18.3 Å². The normalized spacial score (nSPS) is 19.8. The molecular weight excluding hydrogens is 284 g/mol. The van der Waals surface area contributed by atoms with E-state index in [1.54, 1.807) is 0 Å². The number of nitrogens with zero attached hydrogens (tertiary/aromatic N) is 1. The summed E-state index contributed by atoms with van der Waals surface area (Å²) >= 11 is 0. The van der Waals surface area contributed by atoms with Crippen LogP contribution < -0.4 is 4.72 Å². The first kappa shape index (κ1) is 17.4. The molecule has 1 fully saturated rings. The van der Waals surface area contributed by atoms with Gasteiger partial charge in [-0.15, -0.1) is 0 Å². The molecule has 0 aromatic carbocycles. The molecule has 0 amide bonds. The van der Waals surface area contributed by atoms with E-state index >= 15 is 0 Å². The van der Waals surface area contributed by atoms with E-state index < -0.39 is 16.3 Å². The number of aliphatic hydroxyl groups is 1. The van der Waals surface area contributed by atoms with Crippen LogP contribution in [-0.4, -0.2) is 56.6 Å². The number of carbonyl (C=O) groups excluding carboxylic acids is 1. The average molecular weight is 308 g/mol. The topological polar surface area (TPSA) is 95.9 Å². The first-order valence-corrected chi connectivity index (χ1v) is 8.35. The van der Waals surface area contributed by atoms with Gasteiger partial charge in [-0.1, -0.05) is 6.92 Å². The number of esters is 1. The average Bonchev–Trinajstić information content (AvgIpc) is 2.46. The lowest BCUT2D eigenvalue weighted by Crippen LogP contribution is -2.46. The fourth-order valence-electron chi connectivity index (χ4n) is 2.15. The number of hydrogen-bond donors (Lipinski definition) is 2. The predicted octanol–water partition coefficient (Wildman–Crippen LogP) is -0.133. The highest BCUT2D eigenvalue weighted by Crippen LogP contribution is 2.20. The summed E-state index contributed by atoms with van der Waals surface area (Å²) in [6, 6.07) is 0. The van der Waals surface area contributed by atoms with Gasteiger partial charge in [0.15, 0.2) is 0 Å². The minimum atomic E-state index is -3.52. The predicted molar refractivity (Wildman–Crippen MR) is 74.2 cm³/mol. The van der Waals surface area contributed by atoms with Gasteiger partial charge in [-0.25, -0.2) is 4.72 Å². The maximum atomic E-state index is 12.0. The minimum Gasteiger partial charge on any atom is -0.469 e. The molecule has 1 rings (SSSR count). The zero-order chi connectivity index (χ0) is 15.2. The Morgan fingerprint density at radius 1 is 1.45 bits per heavy atom. The molecule has 1 aliphatic heterocycles. The van der Waals surface area contributed by atoms with E-state index in [1.807, 2.05) is 6.92 Å². The number of rotatable bonds is 7. The van der Waals surface area contributed by atoms with E-state index in [4.69, 9.17) is 0 Å². The zero-order valence-electron chi connectivity index (χ0n) is 12.0. The molecule has 0 spiro atoms. The second kappa shape index (κ2) is 7.92. The van der Waals surface area contributed by atoms with E-state index in [2.05, 4.69) is 9.46 Å². The van der Waals surface area contributed by atoms with Crippen molar-refractivity contribution in [2.75, 3.05) is 26.7 Å². The molecular formula is C12H24N2O5S. The monoisotopic (exact) mass is 308 g/mol. The quantitative estimate of drug-likeness (QED) is 0.639. The molecule has 1 unspecified atom stereocenters. The number of nitrogens with one attached hydrogen (secondary N) is 1. The van der Waals surface area contributed by atoms with Crippen LogP contribution in [-0.2, 0) is 19.7 Å². The SMILES string of the molecule is CCC(O)CCNS(=O)(=O)N1CCC(C(=O)OC)CC1. The molecule has 0 bridgehead atoms. The summed E-state index contributed by atoms with van der Waals surface area (Å²) in [6.07, 6.45) is 1.47. The van der Waals surface area contributed by atoms with Gasteiger partial charge in [-0.05, 0) is 25.7 Å². The Hall–Kier alpha value is -0.700. The summed E-state index contributed by atoms with van der Waals surface area (Å²) in [7, 11) is -2.18. The summed E-state index contributed by atoms with van der Waals surface area (Å²) in [6.45, 7) is 2.68. The van der Waals surface area contributed by atoms with Crippen LogP contribution in [0.25, 0.3) is 0 Å². The Kier molecular flexibility index (Phi) is 6.87. The molecule has 0 radical (unpaired) electrons. The van der Waals surface area contributed by atoms with Crippen LogP contribution >= 0.6 is 0 Å². The minimum absolute atomic E-state index is 0.214. The maximum absolute atomic E-state index is 12.0. The van der Waals surface area contributed by atoms with Crippen LogP contribution in [0.5, 0.6) is 0 Å². The largest absolute Gasteiger partial charge is 0.469 e. The van der Waals surface area contributed by atoms with Gasteiger partial charge in [0.25, 0.3) is 10.2 Å². The van der Waals surface area contributed by atoms with Crippen LogP contribution in [0.1, 0.15) is 32.6 Å². The van der Waals surface area contributed by atoms with Crippen molar-refractivity contribution in [3.63, 3.8) is 0 Å². The van der Waals surface area contributed by atoms with Crippen molar-refractivity contribution >= 4 is 16.2 Å². The summed E-state index contributed by atoms with van der Waals surface area (Å²) < 4.78 is 32.5. The summed E-state index contributed by atoms with van der Waals surface area (Å²) in [4.78, 5) is 11.4. The fraction of sp³-hybridized carbons (Fsp3) is 0.917. The lowest BCUT2D eigenvalue weighted by atomic mass is 9.99. The Balaban J connectivity index is 2.40. The van der Waals surface area contributed by atoms with Gasteiger partial charge in [-0.3, -0.25) is 4.79 Å². The molecule has 1 aliphatic rings. The molecule has 2 N–H and O–H groups in total. The lowest BCUT2D eigenvalue weighted by Gasteiger charge is -2.29. The molecule has 7 nitrogen and oxygen atoms in total. The Morgan fingerprint density at radius 2 is 2.05 bits per heavy atom. The second-order valence-electron chi connectivity index (χ2n) is 4.95. The van der Waals surface area contributed by atoms with Crippen LogP contribution in [0.3, 0.4) is 0 Å². The molecule has 8 heteroatoms. The van der Waals surface area contributed by atoms with E-state index in [0.717, 1.165) is 0 Å². The van der Waals surface area contributed by atoms with E-state index in [-0.39, 0.29) is 18.4 Å². The van der Waals surface area contributed by atoms with Crippen molar-refractivity contribution in [3.8, 4) is 0 Å². The van der Waals surface area contributed by atoms with E-state index in [0.29, 0.717) is 38.8 Å². The van der Waals surface area contributed by atoms with Crippen molar-refractivity contribution in [1.29, 1.82) is 0 Å². The number of piperidine rings is 1. The zero-order valence-corrected chi connectivity index (χ0v) is 12.9. The van der Waals surface area contributed by atoms with Gasteiger partial charge in [0.05, 0.1) is 19.1 Å². The fourth-order valence-corrected chi connectivity index (χ4v) is 3.40. The number of carbonyl (C=O) groups is 1. The number of aliphatic hydroxyl groups excluding tert-OH is 1. The molecule has 20 heavy (non-hydrogen) atoms. The highest BCUT2D eigenvalue weighted by atomic mass is 32.2. The standard InChI is InChI=1S/C12H24N2O5S/c1-3-11(15)4-7-13-20(17,18)14-8-5-10(6-9-14)12(16)19-2/h10-11,13,15H,3-9H2,1-2H3. The van der Waals surface area contributed by atoms with Crippen LogP contribution in [0.15, 0.2) is 0 Å². The van der Waals surface area contributed by atoms with Gasteiger partial charge < -0.3 is 9.84 Å². The third-order valence-corrected chi connectivity index (χ3v) is 5.18. The highest BCUT2D eigenvalue weighted by molar-refractivity contribution is 7.87. The number of hydrogen-bond acceptors (Lipinski definition) is 5. The van der Waals surface area contributed by atoms with Gasteiger partial charge in [-0.2, -0.15) is 12.7 Å². The first-order valence-electron chi connectivity index (χ1n) is 6.91. The summed E-state index contributed by atoms with van der Waals surface area (Å²) in [5.41, 5.74) is 0. The first-order chi connectivity index (χ1) is 9.40. The third-order valence-electron chi connectivity index (χ3n) is 3.56. The van der Waals surface area contributed by atoms with Gasteiger partial charge in [0, 0.05) is 19.6 Å². The Morgan fingerprint density at radius 3 is 2.55 bits per heavy atom. The van der Waals surface area contributed by atoms with Crippen molar-refractivity contribution < 1.29 is 23.1 Å². The lowest BCUT2D eigenvalue weighted by molar-refractivity contribution is -0.146. The van der Waals surface area contributed by atoms with Gasteiger partial charge in [0.1, 0.15) is 0 Å². The maximum Gasteiger partial charge on any atom is 0.308 e. The van der Waals surface area contributed by atoms with Crippen LogP contribution in [0.4, 0.5) is 0 Å². The van der Waals surface area contributed by atoms with Crippen molar-refractivity contribution in [2.24, 2.45) is 5.92 Å².